The van der Waals surface area contributed by atoms with Gasteiger partial charge < -0.3 is 9.80 Å². The molecular formula is C19H32N2. The van der Waals surface area contributed by atoms with Gasteiger partial charge in [0.15, 0.2) is 0 Å². The first-order chi connectivity index (χ1) is 10.3. The first kappa shape index (κ1) is 16.5. The van der Waals surface area contributed by atoms with Crippen molar-refractivity contribution in [3.05, 3.63) is 35.9 Å². The van der Waals surface area contributed by atoms with E-state index in [-0.39, 0.29) is 0 Å². The van der Waals surface area contributed by atoms with Crippen LogP contribution < -0.4 is 0 Å². The minimum atomic E-state index is 0.890. The molecule has 1 aromatic carbocycles. The molecule has 1 fully saturated rings. The number of hydrogen-bond donors (Lipinski definition) is 0. The Morgan fingerprint density at radius 3 is 2.48 bits per heavy atom. The van der Waals surface area contributed by atoms with Crippen LogP contribution in [-0.2, 0) is 6.54 Å². The Labute approximate surface area is 131 Å². The molecule has 0 atom stereocenters. The van der Waals surface area contributed by atoms with Gasteiger partial charge in [-0.1, -0.05) is 50.1 Å². The minimum absolute atomic E-state index is 0.890. The van der Waals surface area contributed by atoms with Crippen molar-refractivity contribution in [2.45, 2.75) is 45.6 Å². The van der Waals surface area contributed by atoms with Gasteiger partial charge in [-0.05, 0) is 57.4 Å². The molecule has 0 radical (unpaired) electrons. The lowest BCUT2D eigenvalue weighted by Gasteiger charge is -2.34. The predicted molar refractivity (Wildman–Crippen MR) is 91.5 cm³/mol. The Bertz CT molecular complexity index is 368. The van der Waals surface area contributed by atoms with E-state index in [0.717, 1.165) is 12.5 Å². The van der Waals surface area contributed by atoms with Gasteiger partial charge in [0.2, 0.25) is 0 Å². The third-order valence-corrected chi connectivity index (χ3v) is 4.65. The van der Waals surface area contributed by atoms with Crippen molar-refractivity contribution < 1.29 is 0 Å². The summed E-state index contributed by atoms with van der Waals surface area (Å²) >= 11 is 0. The molecule has 0 saturated carbocycles. The molecule has 1 aliphatic rings. The number of piperidine rings is 1. The second-order valence-corrected chi connectivity index (χ2v) is 6.67. The van der Waals surface area contributed by atoms with Crippen LogP contribution in [0.25, 0.3) is 0 Å². The molecule has 2 nitrogen and oxygen atoms in total. The van der Waals surface area contributed by atoms with Crippen LogP contribution in [0.5, 0.6) is 0 Å². The quantitative estimate of drug-likeness (QED) is 0.667. The molecule has 1 heterocycles. The molecule has 2 heteroatoms. The summed E-state index contributed by atoms with van der Waals surface area (Å²) < 4.78 is 0. The first-order valence-electron chi connectivity index (χ1n) is 8.72. The van der Waals surface area contributed by atoms with Gasteiger partial charge in [0.25, 0.3) is 0 Å². The zero-order valence-corrected chi connectivity index (χ0v) is 13.9. The van der Waals surface area contributed by atoms with E-state index in [2.05, 4.69) is 54.1 Å². The molecule has 0 spiro atoms. The highest BCUT2D eigenvalue weighted by Gasteiger charge is 2.19. The van der Waals surface area contributed by atoms with Crippen LogP contribution in [0.2, 0.25) is 0 Å². The molecule has 21 heavy (non-hydrogen) atoms. The van der Waals surface area contributed by atoms with Crippen LogP contribution >= 0.6 is 0 Å². The Balaban J connectivity index is 1.64. The van der Waals surface area contributed by atoms with Crippen molar-refractivity contribution in [2.75, 3.05) is 33.2 Å². The molecule has 1 aromatic rings. The van der Waals surface area contributed by atoms with Crippen molar-refractivity contribution in [3.63, 3.8) is 0 Å². The van der Waals surface area contributed by atoms with Gasteiger partial charge in [0, 0.05) is 13.1 Å². The van der Waals surface area contributed by atoms with Crippen molar-refractivity contribution in [1.82, 2.24) is 9.80 Å². The van der Waals surface area contributed by atoms with E-state index in [1.165, 1.54) is 63.8 Å². The summed E-state index contributed by atoms with van der Waals surface area (Å²) in [7, 11) is 2.26. The maximum Gasteiger partial charge on any atom is 0.0230 e. The van der Waals surface area contributed by atoms with Crippen LogP contribution in [0.3, 0.4) is 0 Å². The standard InChI is InChI=1S/C19H32N2/c1-3-4-8-13-21-14-11-19(12-15-21)17-20(2)16-18-9-6-5-7-10-18/h5-7,9-10,19H,3-4,8,11-17H2,1-2H3. The summed E-state index contributed by atoms with van der Waals surface area (Å²) in [4.78, 5) is 5.16. The molecule has 1 aliphatic heterocycles. The van der Waals surface area contributed by atoms with Gasteiger partial charge >= 0.3 is 0 Å². The topological polar surface area (TPSA) is 6.48 Å². The highest BCUT2D eigenvalue weighted by Crippen LogP contribution is 2.19. The number of nitrogens with zero attached hydrogens (tertiary/aromatic N) is 2. The SMILES string of the molecule is CCCCCN1CCC(CN(C)Cc2ccccc2)CC1. The summed E-state index contributed by atoms with van der Waals surface area (Å²) in [5.74, 6) is 0.890. The van der Waals surface area contributed by atoms with Crippen LogP contribution in [0.15, 0.2) is 30.3 Å². The molecule has 0 bridgehead atoms. The van der Waals surface area contributed by atoms with Gasteiger partial charge in [-0.25, -0.2) is 0 Å². The maximum absolute atomic E-state index is 2.67. The molecule has 0 aliphatic carbocycles. The monoisotopic (exact) mass is 288 g/mol. The van der Waals surface area contributed by atoms with Gasteiger partial charge in [-0.15, -0.1) is 0 Å². The van der Waals surface area contributed by atoms with E-state index in [0.29, 0.717) is 0 Å². The van der Waals surface area contributed by atoms with E-state index in [1.54, 1.807) is 0 Å². The maximum atomic E-state index is 2.67. The van der Waals surface area contributed by atoms with Crippen molar-refractivity contribution in [3.8, 4) is 0 Å². The summed E-state index contributed by atoms with van der Waals surface area (Å²) in [6.07, 6.45) is 6.87. The smallest absolute Gasteiger partial charge is 0.0230 e. The first-order valence-corrected chi connectivity index (χ1v) is 8.72. The van der Waals surface area contributed by atoms with Gasteiger partial charge in [0.1, 0.15) is 0 Å². The lowest BCUT2D eigenvalue weighted by Crippen LogP contribution is -2.38. The Morgan fingerprint density at radius 1 is 1.10 bits per heavy atom. The molecule has 0 amide bonds. The minimum Gasteiger partial charge on any atom is -0.303 e. The zero-order chi connectivity index (χ0) is 14.9. The summed E-state index contributed by atoms with van der Waals surface area (Å²) in [6, 6.07) is 10.8. The molecule has 118 valence electrons. The molecule has 2 rings (SSSR count). The van der Waals surface area contributed by atoms with Gasteiger partial charge in [-0.2, -0.15) is 0 Å². The Kier molecular flexibility index (Phi) is 7.25. The zero-order valence-electron chi connectivity index (χ0n) is 13.9. The van der Waals surface area contributed by atoms with E-state index < -0.39 is 0 Å². The van der Waals surface area contributed by atoms with Crippen molar-refractivity contribution in [2.24, 2.45) is 5.92 Å². The number of unbranched alkanes of at least 4 members (excludes halogenated alkanes) is 2. The highest BCUT2D eigenvalue weighted by molar-refractivity contribution is 5.14. The van der Waals surface area contributed by atoms with Gasteiger partial charge in [-0.3, -0.25) is 0 Å². The van der Waals surface area contributed by atoms with Crippen LogP contribution in [0.1, 0.15) is 44.6 Å². The Morgan fingerprint density at radius 2 is 1.81 bits per heavy atom. The summed E-state index contributed by atoms with van der Waals surface area (Å²) in [5, 5.41) is 0. The average Bonchev–Trinajstić information content (AvgIpc) is 2.50. The highest BCUT2D eigenvalue weighted by atomic mass is 15.1. The van der Waals surface area contributed by atoms with E-state index in [1.807, 2.05) is 0 Å². The second kappa shape index (κ2) is 9.22. The normalized spacial score (nSPS) is 17.5. The van der Waals surface area contributed by atoms with Crippen LogP contribution in [0, 0.1) is 5.92 Å². The fourth-order valence-electron chi connectivity index (χ4n) is 3.38. The summed E-state index contributed by atoms with van der Waals surface area (Å²) in [5.41, 5.74) is 1.43. The molecular weight excluding hydrogens is 256 g/mol. The molecule has 0 unspecified atom stereocenters. The van der Waals surface area contributed by atoms with Gasteiger partial charge in [0.05, 0.1) is 0 Å². The lowest BCUT2D eigenvalue weighted by molar-refractivity contribution is 0.150. The Hall–Kier alpha value is -0.860. The van der Waals surface area contributed by atoms with Crippen LogP contribution in [-0.4, -0.2) is 43.0 Å². The molecule has 0 aromatic heterocycles. The second-order valence-electron chi connectivity index (χ2n) is 6.67. The lowest BCUT2D eigenvalue weighted by atomic mass is 9.96. The molecule has 1 saturated heterocycles. The van der Waals surface area contributed by atoms with Crippen molar-refractivity contribution >= 4 is 0 Å². The fraction of sp³-hybridized carbons (Fsp3) is 0.684. The largest absolute Gasteiger partial charge is 0.303 e. The number of benzene rings is 1. The van der Waals surface area contributed by atoms with Crippen LogP contribution in [0.4, 0.5) is 0 Å². The summed E-state index contributed by atoms with van der Waals surface area (Å²) in [6.45, 7) is 8.56. The third-order valence-electron chi connectivity index (χ3n) is 4.65. The fourth-order valence-corrected chi connectivity index (χ4v) is 3.38. The third kappa shape index (κ3) is 6.19. The van der Waals surface area contributed by atoms with E-state index in [9.17, 15) is 0 Å². The van der Waals surface area contributed by atoms with Crippen molar-refractivity contribution in [1.29, 1.82) is 0 Å². The van der Waals surface area contributed by atoms with E-state index >= 15 is 0 Å². The number of likely N-dealkylation sites (tertiary alicyclic amines) is 1. The molecule has 0 N–H and O–H groups in total. The number of hydrogen-bond acceptors (Lipinski definition) is 2. The number of rotatable bonds is 8. The predicted octanol–water partition coefficient (Wildman–Crippen LogP) is 4.02. The average molecular weight is 288 g/mol. The van der Waals surface area contributed by atoms with E-state index in [4.69, 9.17) is 0 Å².